The van der Waals surface area contributed by atoms with Crippen molar-refractivity contribution in [3.8, 4) is 5.75 Å². The van der Waals surface area contributed by atoms with Crippen molar-refractivity contribution < 1.29 is 24.2 Å². The van der Waals surface area contributed by atoms with Crippen LogP contribution >= 0.6 is 0 Å². The zero-order valence-electron chi connectivity index (χ0n) is 24.2. The Morgan fingerprint density at radius 3 is 2.59 bits per heavy atom. The van der Waals surface area contributed by atoms with Crippen LogP contribution in [0.25, 0.3) is 0 Å². The number of fused-ring (bicyclic) bond motifs is 2. The largest absolute Gasteiger partial charge is 0.497 e. The number of benzene rings is 2. The highest BCUT2D eigenvalue weighted by Crippen LogP contribution is 2.44. The minimum Gasteiger partial charge on any atom is -0.497 e. The molecule has 1 aliphatic heterocycles. The Morgan fingerprint density at radius 1 is 1.10 bits per heavy atom. The van der Waals surface area contributed by atoms with Crippen LogP contribution in [0.1, 0.15) is 74.2 Å². The van der Waals surface area contributed by atoms with Gasteiger partial charge in [0.15, 0.2) is 0 Å². The Hall–Kier alpha value is -3.39. The molecule has 3 fully saturated rings. The second-order valence-electron chi connectivity index (χ2n) is 12.2. The molecular weight excluding hydrogens is 518 g/mol. The molecule has 1 heterocycles. The molecule has 220 valence electrons. The number of aliphatic hydroxyl groups excluding tert-OH is 1. The van der Waals surface area contributed by atoms with Crippen LogP contribution in [0.2, 0.25) is 0 Å². The Morgan fingerprint density at radius 2 is 1.90 bits per heavy atom. The lowest BCUT2D eigenvalue weighted by atomic mass is 9.91. The molecule has 2 bridgehead atoms. The molecule has 1 saturated heterocycles. The SMILES string of the molecule is COc1cc(C(=O)N[C@@H](Cc2ccccc2)[C@H](O)C[C@@H](C)C(=O)NC2CC3CCC2C3)cc(N2CCCCC2=O)c1. The van der Waals surface area contributed by atoms with Crippen molar-refractivity contribution in [1.29, 1.82) is 0 Å². The average molecular weight is 562 g/mol. The van der Waals surface area contributed by atoms with E-state index in [2.05, 4.69) is 10.6 Å². The van der Waals surface area contributed by atoms with Gasteiger partial charge in [0.25, 0.3) is 5.91 Å². The molecule has 2 saturated carbocycles. The third-order valence-electron chi connectivity index (χ3n) is 9.21. The lowest BCUT2D eigenvalue weighted by molar-refractivity contribution is -0.126. The number of carbonyl (C=O) groups excluding carboxylic acids is 3. The van der Waals surface area contributed by atoms with Crippen LogP contribution in [0.3, 0.4) is 0 Å². The first-order chi connectivity index (χ1) is 19.8. The number of ether oxygens (including phenoxy) is 1. The van der Waals surface area contributed by atoms with E-state index >= 15 is 0 Å². The summed E-state index contributed by atoms with van der Waals surface area (Å²) in [6.07, 6.45) is 6.70. The predicted octanol–water partition coefficient (Wildman–Crippen LogP) is 4.25. The first-order valence-corrected chi connectivity index (χ1v) is 15.1. The van der Waals surface area contributed by atoms with Crippen molar-refractivity contribution in [1.82, 2.24) is 10.6 Å². The Labute approximate surface area is 242 Å². The quantitative estimate of drug-likeness (QED) is 0.380. The summed E-state index contributed by atoms with van der Waals surface area (Å²) in [4.78, 5) is 40.9. The molecule has 8 heteroatoms. The summed E-state index contributed by atoms with van der Waals surface area (Å²) >= 11 is 0. The van der Waals surface area contributed by atoms with Gasteiger partial charge in [-0.25, -0.2) is 0 Å². The van der Waals surface area contributed by atoms with Gasteiger partial charge < -0.3 is 25.4 Å². The zero-order valence-corrected chi connectivity index (χ0v) is 24.2. The van der Waals surface area contributed by atoms with Crippen LogP contribution in [-0.4, -0.2) is 54.7 Å². The van der Waals surface area contributed by atoms with Crippen LogP contribution in [0.4, 0.5) is 5.69 Å². The number of piperidine rings is 1. The smallest absolute Gasteiger partial charge is 0.251 e. The van der Waals surface area contributed by atoms with Crippen molar-refractivity contribution in [2.24, 2.45) is 17.8 Å². The molecule has 3 amide bonds. The van der Waals surface area contributed by atoms with E-state index in [-0.39, 0.29) is 30.2 Å². The van der Waals surface area contributed by atoms with Gasteiger partial charge in [-0.15, -0.1) is 0 Å². The molecule has 2 aliphatic carbocycles. The number of aliphatic hydroxyl groups is 1. The van der Waals surface area contributed by atoms with E-state index in [0.29, 0.717) is 42.3 Å². The number of nitrogens with one attached hydrogen (secondary N) is 2. The first-order valence-electron chi connectivity index (χ1n) is 15.1. The van der Waals surface area contributed by atoms with Gasteiger partial charge in [-0.05, 0) is 74.5 Å². The third kappa shape index (κ3) is 7.10. The van der Waals surface area contributed by atoms with Gasteiger partial charge in [0.2, 0.25) is 11.8 Å². The minimum absolute atomic E-state index is 0.0324. The molecule has 3 N–H and O–H groups in total. The molecule has 3 unspecified atom stereocenters. The molecule has 5 rings (SSSR count). The lowest BCUT2D eigenvalue weighted by Crippen LogP contribution is -2.47. The predicted molar refractivity (Wildman–Crippen MR) is 158 cm³/mol. The fourth-order valence-electron chi connectivity index (χ4n) is 6.85. The Balaban J connectivity index is 1.29. The summed E-state index contributed by atoms with van der Waals surface area (Å²) in [5, 5.41) is 17.6. The van der Waals surface area contributed by atoms with Crippen LogP contribution < -0.4 is 20.3 Å². The summed E-state index contributed by atoms with van der Waals surface area (Å²) in [5.74, 6) is 1.04. The normalized spacial score (nSPS) is 24.0. The van der Waals surface area contributed by atoms with E-state index in [4.69, 9.17) is 4.74 Å². The average Bonchev–Trinajstić information content (AvgIpc) is 3.61. The molecule has 41 heavy (non-hydrogen) atoms. The number of methoxy groups -OCH3 is 1. The number of rotatable bonds is 11. The fourth-order valence-corrected chi connectivity index (χ4v) is 6.85. The van der Waals surface area contributed by atoms with E-state index in [1.165, 1.54) is 26.4 Å². The number of hydrogen-bond acceptors (Lipinski definition) is 5. The highest BCUT2D eigenvalue weighted by atomic mass is 16.5. The molecule has 3 aliphatic rings. The maximum Gasteiger partial charge on any atom is 0.251 e. The van der Waals surface area contributed by atoms with Crippen molar-refractivity contribution >= 4 is 23.4 Å². The Kier molecular flexibility index (Phi) is 9.28. The zero-order chi connectivity index (χ0) is 28.9. The molecular formula is C33H43N3O5. The maximum absolute atomic E-state index is 13.6. The van der Waals surface area contributed by atoms with E-state index < -0.39 is 18.1 Å². The van der Waals surface area contributed by atoms with Crippen LogP contribution in [0.5, 0.6) is 5.75 Å². The molecule has 0 spiro atoms. The number of anilines is 1. The van der Waals surface area contributed by atoms with Gasteiger partial charge in [0.05, 0.1) is 19.3 Å². The van der Waals surface area contributed by atoms with Gasteiger partial charge >= 0.3 is 0 Å². The van der Waals surface area contributed by atoms with Gasteiger partial charge in [-0.2, -0.15) is 0 Å². The van der Waals surface area contributed by atoms with Crippen LogP contribution in [-0.2, 0) is 16.0 Å². The van der Waals surface area contributed by atoms with E-state index in [9.17, 15) is 19.5 Å². The highest BCUT2D eigenvalue weighted by Gasteiger charge is 2.40. The molecule has 8 nitrogen and oxygen atoms in total. The number of hydrogen-bond donors (Lipinski definition) is 3. The Bertz CT molecular complexity index is 1230. The van der Waals surface area contributed by atoms with Gasteiger partial charge in [-0.1, -0.05) is 43.7 Å². The summed E-state index contributed by atoms with van der Waals surface area (Å²) < 4.78 is 5.46. The number of carbonyl (C=O) groups is 3. The van der Waals surface area contributed by atoms with Crippen LogP contribution in [0.15, 0.2) is 48.5 Å². The lowest BCUT2D eigenvalue weighted by Gasteiger charge is -2.29. The fraction of sp³-hybridized carbons (Fsp3) is 0.545. The molecule has 2 aromatic carbocycles. The van der Waals surface area contributed by atoms with Crippen molar-refractivity contribution in [2.45, 2.75) is 82.9 Å². The van der Waals surface area contributed by atoms with Crippen molar-refractivity contribution in [3.05, 3.63) is 59.7 Å². The van der Waals surface area contributed by atoms with Crippen molar-refractivity contribution in [2.75, 3.05) is 18.6 Å². The highest BCUT2D eigenvalue weighted by molar-refractivity contribution is 5.99. The first kappa shape index (κ1) is 29.1. The summed E-state index contributed by atoms with van der Waals surface area (Å²) in [6.45, 7) is 2.45. The van der Waals surface area contributed by atoms with E-state index in [1.54, 1.807) is 23.1 Å². The number of nitrogens with zero attached hydrogens (tertiary/aromatic N) is 1. The topological polar surface area (TPSA) is 108 Å². The van der Waals surface area contributed by atoms with Gasteiger partial charge in [0.1, 0.15) is 5.75 Å². The monoisotopic (exact) mass is 561 g/mol. The van der Waals surface area contributed by atoms with E-state index in [0.717, 1.165) is 30.7 Å². The number of amides is 3. The second-order valence-corrected chi connectivity index (χ2v) is 12.2. The van der Waals surface area contributed by atoms with E-state index in [1.807, 2.05) is 37.3 Å². The summed E-state index contributed by atoms with van der Waals surface area (Å²) in [6, 6.07) is 14.5. The molecule has 2 aromatic rings. The molecule has 0 aromatic heterocycles. The maximum atomic E-state index is 13.6. The minimum atomic E-state index is -0.936. The van der Waals surface area contributed by atoms with Crippen LogP contribution in [0, 0.1) is 17.8 Å². The summed E-state index contributed by atoms with van der Waals surface area (Å²) in [5.41, 5.74) is 1.96. The van der Waals surface area contributed by atoms with Gasteiger partial charge in [0, 0.05) is 42.2 Å². The molecule has 6 atom stereocenters. The summed E-state index contributed by atoms with van der Waals surface area (Å²) in [7, 11) is 1.53. The third-order valence-corrected chi connectivity index (χ3v) is 9.21. The second kappa shape index (κ2) is 13.1. The standard InChI is InChI=1S/C33H43N3O5/c1-21(32(39)34-28-17-23-11-12-24(28)15-23)14-30(37)29(16-22-8-4-3-5-9-22)35-33(40)25-18-26(20-27(19-25)41-2)36-13-7-6-10-31(36)38/h3-5,8-9,18-21,23-24,28-30,37H,6-7,10-17H2,1-2H3,(H,34,39)(H,35,40)/t21-,23?,24?,28?,29+,30-/m1/s1. The molecule has 0 radical (unpaired) electrons. The van der Waals surface area contributed by atoms with Gasteiger partial charge in [-0.3, -0.25) is 14.4 Å². The van der Waals surface area contributed by atoms with Crippen molar-refractivity contribution in [3.63, 3.8) is 0 Å².